The summed E-state index contributed by atoms with van der Waals surface area (Å²) < 4.78 is 5.17. The van der Waals surface area contributed by atoms with E-state index in [4.69, 9.17) is 4.74 Å². The molecule has 0 bridgehead atoms. The maximum Gasteiger partial charge on any atom is 0.227 e. The minimum absolute atomic E-state index is 0.141. The Kier molecular flexibility index (Phi) is 5.32. The normalized spacial score (nSPS) is 16.8. The zero-order chi connectivity index (χ0) is 19.3. The van der Waals surface area contributed by atoms with Crippen LogP contribution in [0.2, 0.25) is 0 Å². The SMILES string of the molecule is COc1ccc(CC(=O)N2CCC[C@@H](c3nc(-c4cccnc4)n[nH]3)C2)cc1. The summed E-state index contributed by atoms with van der Waals surface area (Å²) in [5.74, 6) is 2.59. The molecule has 0 unspecified atom stereocenters. The third-order valence-corrected chi connectivity index (χ3v) is 5.10. The summed E-state index contributed by atoms with van der Waals surface area (Å²) in [7, 11) is 1.64. The van der Waals surface area contributed by atoms with Gasteiger partial charge in [-0.25, -0.2) is 4.98 Å². The predicted octanol–water partition coefficient (Wildman–Crippen LogP) is 2.82. The van der Waals surface area contributed by atoms with E-state index in [-0.39, 0.29) is 11.8 Å². The molecule has 1 fully saturated rings. The molecule has 4 rings (SSSR count). The highest BCUT2D eigenvalue weighted by Crippen LogP contribution is 2.26. The van der Waals surface area contributed by atoms with Crippen molar-refractivity contribution in [2.75, 3.05) is 20.2 Å². The van der Waals surface area contributed by atoms with E-state index in [9.17, 15) is 4.79 Å². The molecule has 144 valence electrons. The largest absolute Gasteiger partial charge is 0.497 e. The van der Waals surface area contributed by atoms with E-state index in [1.165, 1.54) is 0 Å². The van der Waals surface area contributed by atoms with Gasteiger partial charge in [-0.05, 0) is 42.7 Å². The number of carbonyl (C=O) groups is 1. The smallest absolute Gasteiger partial charge is 0.227 e. The molecule has 3 heterocycles. The second kappa shape index (κ2) is 8.21. The number of piperidine rings is 1. The number of nitrogens with one attached hydrogen (secondary N) is 1. The van der Waals surface area contributed by atoms with E-state index in [0.717, 1.165) is 42.1 Å². The van der Waals surface area contributed by atoms with Crippen LogP contribution in [0.25, 0.3) is 11.4 Å². The van der Waals surface area contributed by atoms with Crippen LogP contribution in [0.15, 0.2) is 48.8 Å². The van der Waals surface area contributed by atoms with Gasteiger partial charge in [0.2, 0.25) is 5.91 Å². The number of likely N-dealkylation sites (tertiary alicyclic amines) is 1. The summed E-state index contributed by atoms with van der Waals surface area (Å²) in [5, 5.41) is 7.38. The zero-order valence-electron chi connectivity index (χ0n) is 15.8. The van der Waals surface area contributed by atoms with Crippen molar-refractivity contribution in [2.45, 2.75) is 25.2 Å². The van der Waals surface area contributed by atoms with Gasteiger partial charge in [-0.2, -0.15) is 5.10 Å². The summed E-state index contributed by atoms with van der Waals surface area (Å²) in [6.07, 6.45) is 5.83. The van der Waals surface area contributed by atoms with Gasteiger partial charge in [0.25, 0.3) is 0 Å². The summed E-state index contributed by atoms with van der Waals surface area (Å²) >= 11 is 0. The number of aromatic amines is 1. The molecule has 3 aromatic rings. The van der Waals surface area contributed by atoms with Crippen LogP contribution >= 0.6 is 0 Å². The number of methoxy groups -OCH3 is 1. The molecule has 7 heteroatoms. The van der Waals surface area contributed by atoms with Gasteiger partial charge in [-0.1, -0.05) is 12.1 Å². The second-order valence-electron chi connectivity index (χ2n) is 6.99. The van der Waals surface area contributed by atoms with Crippen LogP contribution in [0.4, 0.5) is 0 Å². The van der Waals surface area contributed by atoms with E-state index in [2.05, 4.69) is 20.2 Å². The molecule has 0 radical (unpaired) electrons. The standard InChI is InChI=1S/C21H23N5O2/c1-28-18-8-6-15(7-9-18)12-19(27)26-11-3-5-17(14-26)21-23-20(24-25-21)16-4-2-10-22-13-16/h2,4,6-10,13,17H,3,5,11-12,14H2,1H3,(H,23,24,25)/t17-/m1/s1. The summed E-state index contributed by atoms with van der Waals surface area (Å²) in [6.45, 7) is 1.45. The van der Waals surface area contributed by atoms with E-state index in [0.29, 0.717) is 18.8 Å². The van der Waals surface area contributed by atoms with Gasteiger partial charge >= 0.3 is 0 Å². The van der Waals surface area contributed by atoms with Crippen LogP contribution in [-0.4, -0.2) is 51.2 Å². The van der Waals surface area contributed by atoms with Crippen molar-refractivity contribution in [1.29, 1.82) is 0 Å². The maximum atomic E-state index is 12.8. The number of ether oxygens (including phenoxy) is 1. The quantitative estimate of drug-likeness (QED) is 0.739. The van der Waals surface area contributed by atoms with Gasteiger partial charge in [0.1, 0.15) is 11.6 Å². The average molecular weight is 377 g/mol. The van der Waals surface area contributed by atoms with Crippen molar-refractivity contribution in [3.63, 3.8) is 0 Å². The van der Waals surface area contributed by atoms with E-state index < -0.39 is 0 Å². The highest BCUT2D eigenvalue weighted by Gasteiger charge is 2.27. The molecule has 1 aromatic carbocycles. The maximum absolute atomic E-state index is 12.8. The molecule has 1 saturated heterocycles. The first-order valence-corrected chi connectivity index (χ1v) is 9.46. The van der Waals surface area contributed by atoms with Crippen LogP contribution in [0.1, 0.15) is 30.1 Å². The number of rotatable bonds is 5. The Morgan fingerprint density at radius 2 is 2.14 bits per heavy atom. The lowest BCUT2D eigenvalue weighted by atomic mass is 9.96. The summed E-state index contributed by atoms with van der Waals surface area (Å²) in [5.41, 5.74) is 1.87. The third kappa shape index (κ3) is 4.03. The summed E-state index contributed by atoms with van der Waals surface area (Å²) in [4.78, 5) is 23.5. The lowest BCUT2D eigenvalue weighted by Crippen LogP contribution is -2.40. The fraction of sp³-hybridized carbons (Fsp3) is 0.333. The first-order valence-electron chi connectivity index (χ1n) is 9.46. The molecule has 1 aliphatic heterocycles. The summed E-state index contributed by atoms with van der Waals surface area (Å²) in [6, 6.07) is 11.5. The van der Waals surface area contributed by atoms with Crippen molar-refractivity contribution in [3.05, 3.63) is 60.2 Å². The first-order chi connectivity index (χ1) is 13.7. The molecule has 0 aliphatic carbocycles. The molecular weight excluding hydrogens is 354 g/mol. The molecule has 7 nitrogen and oxygen atoms in total. The van der Waals surface area contributed by atoms with Crippen LogP contribution in [-0.2, 0) is 11.2 Å². The molecule has 0 spiro atoms. The van der Waals surface area contributed by atoms with Gasteiger partial charge in [-0.3, -0.25) is 14.9 Å². The van der Waals surface area contributed by atoms with E-state index in [1.807, 2.05) is 41.3 Å². The molecule has 1 aliphatic rings. The molecule has 2 aromatic heterocycles. The van der Waals surface area contributed by atoms with Gasteiger partial charge in [-0.15, -0.1) is 0 Å². The Hall–Kier alpha value is -3.22. The number of aromatic nitrogens is 4. The average Bonchev–Trinajstić information content (AvgIpc) is 3.25. The Balaban J connectivity index is 1.41. The predicted molar refractivity (Wildman–Crippen MR) is 105 cm³/mol. The highest BCUT2D eigenvalue weighted by atomic mass is 16.5. The number of carbonyl (C=O) groups excluding carboxylic acids is 1. The van der Waals surface area contributed by atoms with Gasteiger partial charge in [0.05, 0.1) is 13.5 Å². The second-order valence-corrected chi connectivity index (χ2v) is 6.99. The number of nitrogens with zero attached hydrogens (tertiary/aromatic N) is 4. The Morgan fingerprint density at radius 3 is 2.89 bits per heavy atom. The Labute approximate surface area is 163 Å². The molecule has 28 heavy (non-hydrogen) atoms. The lowest BCUT2D eigenvalue weighted by molar-refractivity contribution is -0.131. The van der Waals surface area contributed by atoms with Gasteiger partial charge in [0, 0.05) is 37.0 Å². The van der Waals surface area contributed by atoms with E-state index in [1.54, 1.807) is 19.5 Å². The number of pyridine rings is 1. The number of benzene rings is 1. The molecule has 1 atom stereocenters. The van der Waals surface area contributed by atoms with Crippen molar-refractivity contribution in [1.82, 2.24) is 25.1 Å². The third-order valence-electron chi connectivity index (χ3n) is 5.10. The molecular formula is C21H23N5O2. The lowest BCUT2D eigenvalue weighted by Gasteiger charge is -2.31. The Bertz CT molecular complexity index is 923. The van der Waals surface area contributed by atoms with Gasteiger partial charge in [0.15, 0.2) is 5.82 Å². The molecule has 1 N–H and O–H groups in total. The minimum Gasteiger partial charge on any atom is -0.497 e. The Morgan fingerprint density at radius 1 is 1.29 bits per heavy atom. The van der Waals surface area contributed by atoms with Crippen molar-refractivity contribution in [3.8, 4) is 17.1 Å². The first kappa shape index (κ1) is 18.2. The highest BCUT2D eigenvalue weighted by molar-refractivity contribution is 5.79. The topological polar surface area (TPSA) is 84.0 Å². The molecule has 1 amide bonds. The molecule has 0 saturated carbocycles. The number of H-pyrrole nitrogens is 1. The monoisotopic (exact) mass is 377 g/mol. The fourth-order valence-corrected chi connectivity index (χ4v) is 3.54. The van der Waals surface area contributed by atoms with Crippen molar-refractivity contribution >= 4 is 5.91 Å². The van der Waals surface area contributed by atoms with Crippen molar-refractivity contribution < 1.29 is 9.53 Å². The number of amides is 1. The van der Waals surface area contributed by atoms with E-state index >= 15 is 0 Å². The number of hydrogen-bond donors (Lipinski definition) is 1. The fourth-order valence-electron chi connectivity index (χ4n) is 3.54. The van der Waals surface area contributed by atoms with Gasteiger partial charge < -0.3 is 9.64 Å². The zero-order valence-corrected chi connectivity index (χ0v) is 15.8. The minimum atomic E-state index is 0.141. The van der Waals surface area contributed by atoms with Crippen molar-refractivity contribution in [2.24, 2.45) is 0 Å². The van der Waals surface area contributed by atoms with Crippen LogP contribution in [0.3, 0.4) is 0 Å². The number of hydrogen-bond acceptors (Lipinski definition) is 5. The van der Waals surface area contributed by atoms with Crippen LogP contribution in [0.5, 0.6) is 5.75 Å². The van der Waals surface area contributed by atoms with Crippen LogP contribution < -0.4 is 4.74 Å². The van der Waals surface area contributed by atoms with Crippen LogP contribution in [0, 0.1) is 0 Å².